The molecular weight excluding hydrogens is 320 g/mol. The lowest BCUT2D eigenvalue weighted by Gasteiger charge is -2.43. The zero-order valence-corrected chi connectivity index (χ0v) is 18.5. The predicted molar refractivity (Wildman–Crippen MR) is 112 cm³/mol. The van der Waals surface area contributed by atoms with Crippen LogP contribution in [0.4, 0.5) is 0 Å². The molecule has 1 fully saturated rings. The van der Waals surface area contributed by atoms with Gasteiger partial charge in [-0.15, -0.1) is 0 Å². The molecule has 2 N–H and O–H groups in total. The summed E-state index contributed by atoms with van der Waals surface area (Å²) in [5.41, 5.74) is 3.46. The molecule has 1 atom stereocenters. The minimum atomic E-state index is -0.0913. The van der Waals surface area contributed by atoms with Crippen molar-refractivity contribution in [2.75, 3.05) is 26.2 Å². The summed E-state index contributed by atoms with van der Waals surface area (Å²) in [6, 6.07) is 4.69. The van der Waals surface area contributed by atoms with Crippen LogP contribution in [0.15, 0.2) is 12.1 Å². The molecule has 1 aliphatic heterocycles. The van der Waals surface area contributed by atoms with Crippen LogP contribution in [0.25, 0.3) is 0 Å². The second-order valence-corrected chi connectivity index (χ2v) is 11.0. The molecular formula is C23H40N2O. The number of piperazine rings is 1. The van der Waals surface area contributed by atoms with Crippen molar-refractivity contribution >= 4 is 0 Å². The zero-order valence-electron chi connectivity index (χ0n) is 18.5. The Hall–Kier alpha value is -1.06. The van der Waals surface area contributed by atoms with Crippen molar-refractivity contribution in [3.8, 4) is 5.75 Å². The van der Waals surface area contributed by atoms with Gasteiger partial charge in [0.25, 0.3) is 0 Å². The number of rotatable bonds is 2. The normalized spacial score (nSPS) is 18.8. The molecule has 3 heteroatoms. The Morgan fingerprint density at radius 2 is 1.42 bits per heavy atom. The van der Waals surface area contributed by atoms with Gasteiger partial charge in [-0.05, 0) is 33.4 Å². The van der Waals surface area contributed by atoms with Crippen molar-refractivity contribution in [2.24, 2.45) is 5.41 Å². The summed E-state index contributed by atoms with van der Waals surface area (Å²) in [5, 5.41) is 14.8. The molecule has 0 aliphatic carbocycles. The minimum Gasteiger partial charge on any atom is -0.507 e. The van der Waals surface area contributed by atoms with Crippen molar-refractivity contribution < 1.29 is 5.11 Å². The van der Waals surface area contributed by atoms with E-state index < -0.39 is 0 Å². The molecule has 0 radical (unpaired) electrons. The first kappa shape index (κ1) is 21.2. The molecule has 0 unspecified atom stereocenters. The Morgan fingerprint density at radius 3 is 1.85 bits per heavy atom. The molecule has 0 spiro atoms. The van der Waals surface area contributed by atoms with Gasteiger partial charge in [0.15, 0.2) is 0 Å². The van der Waals surface area contributed by atoms with E-state index in [0.29, 0.717) is 5.75 Å². The topological polar surface area (TPSA) is 35.5 Å². The largest absolute Gasteiger partial charge is 0.507 e. The second-order valence-electron chi connectivity index (χ2n) is 11.0. The molecule has 0 aromatic heterocycles. The van der Waals surface area contributed by atoms with Gasteiger partial charge in [0, 0.05) is 37.8 Å². The summed E-state index contributed by atoms with van der Waals surface area (Å²) in [5.74, 6) is 0.490. The maximum atomic E-state index is 11.3. The van der Waals surface area contributed by atoms with E-state index in [1.807, 2.05) is 0 Å². The van der Waals surface area contributed by atoms with Gasteiger partial charge in [-0.25, -0.2) is 0 Å². The standard InChI is InChI=1S/C23H40N2O/c1-21(2,3)16-14-17(19(26)18(15-16)22(4,5)6)20(23(7,8)9)25-12-10-24-11-13-25/h14-15,20,24,26H,10-13H2,1-9H3/t20-/m0/s1. The first-order valence-corrected chi connectivity index (χ1v) is 10.1. The average Bonchev–Trinajstić information content (AvgIpc) is 2.46. The smallest absolute Gasteiger partial charge is 0.124 e. The van der Waals surface area contributed by atoms with Gasteiger partial charge in [-0.2, -0.15) is 0 Å². The molecule has 0 amide bonds. The number of hydrogen-bond donors (Lipinski definition) is 2. The first-order valence-electron chi connectivity index (χ1n) is 10.1. The van der Waals surface area contributed by atoms with Gasteiger partial charge in [0.2, 0.25) is 0 Å². The Balaban J connectivity index is 2.70. The summed E-state index contributed by atoms with van der Waals surface area (Å²) >= 11 is 0. The molecule has 0 saturated carbocycles. The fourth-order valence-corrected chi connectivity index (χ4v) is 4.02. The van der Waals surface area contributed by atoms with Crippen LogP contribution in [0.2, 0.25) is 0 Å². The molecule has 1 heterocycles. The van der Waals surface area contributed by atoms with Crippen molar-refractivity contribution in [3.05, 3.63) is 28.8 Å². The maximum absolute atomic E-state index is 11.3. The highest BCUT2D eigenvalue weighted by atomic mass is 16.3. The maximum Gasteiger partial charge on any atom is 0.124 e. The van der Waals surface area contributed by atoms with E-state index in [1.165, 1.54) is 5.56 Å². The molecule has 0 bridgehead atoms. The van der Waals surface area contributed by atoms with E-state index in [0.717, 1.165) is 37.3 Å². The van der Waals surface area contributed by atoms with Crippen molar-refractivity contribution in [2.45, 2.75) is 79.2 Å². The monoisotopic (exact) mass is 360 g/mol. The second kappa shape index (κ2) is 7.16. The summed E-state index contributed by atoms with van der Waals surface area (Å²) in [6.45, 7) is 24.3. The lowest BCUT2D eigenvalue weighted by molar-refractivity contribution is 0.0839. The van der Waals surface area contributed by atoms with Gasteiger partial charge in [0.1, 0.15) is 5.75 Å². The van der Waals surface area contributed by atoms with Gasteiger partial charge < -0.3 is 10.4 Å². The van der Waals surface area contributed by atoms with E-state index in [4.69, 9.17) is 0 Å². The fourth-order valence-electron chi connectivity index (χ4n) is 4.02. The Kier molecular flexibility index (Phi) is 5.85. The van der Waals surface area contributed by atoms with E-state index in [-0.39, 0.29) is 22.3 Å². The third-order valence-corrected chi connectivity index (χ3v) is 5.45. The van der Waals surface area contributed by atoms with Crippen LogP contribution in [0, 0.1) is 5.41 Å². The number of aromatic hydroxyl groups is 1. The van der Waals surface area contributed by atoms with Crippen LogP contribution in [-0.2, 0) is 10.8 Å². The van der Waals surface area contributed by atoms with Gasteiger partial charge in [0.05, 0.1) is 0 Å². The summed E-state index contributed by atoms with van der Waals surface area (Å²) in [4.78, 5) is 2.55. The van der Waals surface area contributed by atoms with Crippen molar-refractivity contribution in [3.63, 3.8) is 0 Å². The summed E-state index contributed by atoms with van der Waals surface area (Å²) in [7, 11) is 0. The zero-order chi connectivity index (χ0) is 19.9. The number of nitrogens with zero attached hydrogens (tertiary/aromatic N) is 1. The highest BCUT2D eigenvalue weighted by molar-refractivity contribution is 5.50. The van der Waals surface area contributed by atoms with Crippen LogP contribution < -0.4 is 5.32 Å². The van der Waals surface area contributed by atoms with Gasteiger partial charge in [-0.1, -0.05) is 68.4 Å². The number of phenolic OH excluding ortho intramolecular Hbond substituents is 1. The Labute approximate surface area is 161 Å². The van der Waals surface area contributed by atoms with Crippen LogP contribution in [0.1, 0.15) is 85.0 Å². The molecule has 1 aliphatic rings. The van der Waals surface area contributed by atoms with Crippen LogP contribution in [0.3, 0.4) is 0 Å². The van der Waals surface area contributed by atoms with E-state index in [1.54, 1.807) is 0 Å². The lowest BCUT2D eigenvalue weighted by atomic mass is 9.74. The van der Waals surface area contributed by atoms with Gasteiger partial charge >= 0.3 is 0 Å². The summed E-state index contributed by atoms with van der Waals surface area (Å²) in [6.07, 6.45) is 0. The van der Waals surface area contributed by atoms with E-state index in [2.05, 4.69) is 84.7 Å². The molecule has 148 valence electrons. The number of phenols is 1. The first-order chi connectivity index (χ1) is 11.7. The molecule has 1 aromatic carbocycles. The van der Waals surface area contributed by atoms with E-state index in [9.17, 15) is 5.11 Å². The number of benzene rings is 1. The molecule has 2 rings (SSSR count). The molecule has 1 saturated heterocycles. The molecule has 26 heavy (non-hydrogen) atoms. The minimum absolute atomic E-state index is 0.0421. The lowest BCUT2D eigenvalue weighted by Crippen LogP contribution is -2.48. The third-order valence-electron chi connectivity index (χ3n) is 5.45. The van der Waals surface area contributed by atoms with Crippen molar-refractivity contribution in [1.82, 2.24) is 10.2 Å². The quantitative estimate of drug-likeness (QED) is 0.781. The van der Waals surface area contributed by atoms with E-state index >= 15 is 0 Å². The Morgan fingerprint density at radius 1 is 0.885 bits per heavy atom. The molecule has 3 nitrogen and oxygen atoms in total. The highest BCUT2D eigenvalue weighted by Gasteiger charge is 2.36. The third kappa shape index (κ3) is 4.61. The number of hydrogen-bond acceptors (Lipinski definition) is 3. The predicted octanol–water partition coefficient (Wildman–Crippen LogP) is 4.98. The van der Waals surface area contributed by atoms with Crippen LogP contribution in [0.5, 0.6) is 5.75 Å². The number of nitrogens with one attached hydrogen (secondary N) is 1. The van der Waals surface area contributed by atoms with Gasteiger partial charge in [-0.3, -0.25) is 4.90 Å². The highest BCUT2D eigenvalue weighted by Crippen LogP contribution is 2.46. The SMILES string of the molecule is CC(C)(C)c1cc([C@H](N2CCNCC2)C(C)(C)C)c(O)c(C(C)(C)C)c1. The fraction of sp³-hybridized carbons (Fsp3) is 0.739. The van der Waals surface area contributed by atoms with Crippen LogP contribution in [-0.4, -0.2) is 36.2 Å². The summed E-state index contributed by atoms with van der Waals surface area (Å²) < 4.78 is 0. The Bertz CT molecular complexity index is 623. The molecule has 1 aromatic rings. The average molecular weight is 361 g/mol. The van der Waals surface area contributed by atoms with Crippen molar-refractivity contribution in [1.29, 1.82) is 0 Å². The van der Waals surface area contributed by atoms with Crippen LogP contribution >= 0.6 is 0 Å².